The van der Waals surface area contributed by atoms with Crippen LogP contribution in [0.4, 0.5) is 5.69 Å². The van der Waals surface area contributed by atoms with Crippen LogP contribution in [-0.4, -0.2) is 13.0 Å². The lowest BCUT2D eigenvalue weighted by atomic mass is 10.2. The zero-order chi connectivity index (χ0) is 13.8. The Morgan fingerprint density at radius 3 is 2.89 bits per heavy atom. The topological polar surface area (TPSA) is 38.3 Å². The zero-order valence-electron chi connectivity index (χ0n) is 10.7. The molecule has 2 aromatic rings. The Hall–Kier alpha value is -1.33. The first kappa shape index (κ1) is 14.1. The monoisotopic (exact) mass is 339 g/mol. The molecule has 1 N–H and O–H groups in total. The van der Waals surface area contributed by atoms with Gasteiger partial charge >= 0.3 is 0 Å². The Bertz CT molecular complexity index is 595. The molecule has 1 heterocycles. The quantitative estimate of drug-likeness (QED) is 0.899. The second-order valence-electron chi connectivity index (χ2n) is 3.93. The molecular weight excluding hydrogens is 326 g/mol. The van der Waals surface area contributed by atoms with Crippen LogP contribution >= 0.6 is 27.3 Å². The maximum atomic E-state index is 12.2. The van der Waals surface area contributed by atoms with Gasteiger partial charge in [0.25, 0.3) is 5.91 Å². The van der Waals surface area contributed by atoms with Gasteiger partial charge in [0, 0.05) is 10.5 Å². The number of hydrogen-bond donors (Lipinski definition) is 1. The molecule has 0 bridgehead atoms. The maximum absolute atomic E-state index is 12.2. The molecule has 0 saturated heterocycles. The number of anilines is 1. The van der Waals surface area contributed by atoms with Crippen molar-refractivity contribution >= 4 is 38.9 Å². The van der Waals surface area contributed by atoms with Crippen LogP contribution in [0.25, 0.3) is 0 Å². The molecule has 0 aliphatic rings. The summed E-state index contributed by atoms with van der Waals surface area (Å²) in [5, 5.41) is 4.85. The highest BCUT2D eigenvalue weighted by atomic mass is 79.9. The summed E-state index contributed by atoms with van der Waals surface area (Å²) in [6.07, 6.45) is 0.853. The predicted molar refractivity (Wildman–Crippen MR) is 82.3 cm³/mol. The molecule has 0 saturated carbocycles. The van der Waals surface area contributed by atoms with Gasteiger partial charge in [0.05, 0.1) is 17.7 Å². The normalized spacial score (nSPS) is 10.3. The van der Waals surface area contributed by atoms with E-state index in [0.717, 1.165) is 21.3 Å². The lowest BCUT2D eigenvalue weighted by Crippen LogP contribution is -2.12. The molecule has 5 heteroatoms. The molecular formula is C14H14BrNO2S. The van der Waals surface area contributed by atoms with Crippen LogP contribution in [0.3, 0.4) is 0 Å². The number of methoxy groups -OCH3 is 1. The van der Waals surface area contributed by atoms with Crippen molar-refractivity contribution in [3.63, 3.8) is 0 Å². The number of thiophene rings is 1. The average molecular weight is 340 g/mol. The second kappa shape index (κ2) is 6.21. The van der Waals surface area contributed by atoms with E-state index < -0.39 is 0 Å². The molecule has 0 spiro atoms. The lowest BCUT2D eigenvalue weighted by Gasteiger charge is -2.09. The summed E-state index contributed by atoms with van der Waals surface area (Å²) in [5.41, 5.74) is 1.78. The van der Waals surface area contributed by atoms with Crippen molar-refractivity contribution < 1.29 is 9.53 Å². The Kier molecular flexibility index (Phi) is 4.61. The highest BCUT2D eigenvalue weighted by Gasteiger charge is 2.13. The van der Waals surface area contributed by atoms with Gasteiger partial charge in [0.2, 0.25) is 0 Å². The van der Waals surface area contributed by atoms with E-state index in [1.54, 1.807) is 13.2 Å². The Morgan fingerprint density at radius 2 is 2.21 bits per heavy atom. The molecule has 1 aromatic carbocycles. The van der Waals surface area contributed by atoms with Crippen molar-refractivity contribution in [2.75, 3.05) is 12.4 Å². The molecule has 0 unspecified atom stereocenters. The third-order valence-electron chi connectivity index (χ3n) is 2.76. The number of carbonyl (C=O) groups is 1. The van der Waals surface area contributed by atoms with E-state index in [4.69, 9.17) is 4.74 Å². The summed E-state index contributed by atoms with van der Waals surface area (Å²) in [7, 11) is 1.60. The predicted octanol–water partition coefficient (Wildman–Crippen LogP) is 4.33. The fraction of sp³-hybridized carbons (Fsp3) is 0.214. The first-order valence-electron chi connectivity index (χ1n) is 5.87. The van der Waals surface area contributed by atoms with Crippen LogP contribution in [0.15, 0.2) is 34.1 Å². The zero-order valence-corrected chi connectivity index (χ0v) is 13.1. The maximum Gasteiger partial charge on any atom is 0.266 e. The van der Waals surface area contributed by atoms with Crippen LogP contribution in [0.5, 0.6) is 5.75 Å². The highest BCUT2D eigenvalue weighted by Crippen LogP contribution is 2.28. The number of nitrogens with one attached hydrogen (secondary N) is 1. The molecule has 0 aliphatic heterocycles. The van der Waals surface area contributed by atoms with Crippen LogP contribution in [0, 0.1) is 0 Å². The van der Waals surface area contributed by atoms with Gasteiger partial charge in [0.15, 0.2) is 0 Å². The van der Waals surface area contributed by atoms with Crippen LogP contribution in [0.2, 0.25) is 0 Å². The SMILES string of the molecule is CCc1ccsc1C(=O)Nc1cc(OC)ccc1Br. The number of hydrogen-bond acceptors (Lipinski definition) is 3. The summed E-state index contributed by atoms with van der Waals surface area (Å²) >= 11 is 4.88. The van der Waals surface area contributed by atoms with E-state index in [2.05, 4.69) is 21.2 Å². The van der Waals surface area contributed by atoms with Crippen molar-refractivity contribution in [2.24, 2.45) is 0 Å². The van der Waals surface area contributed by atoms with Gasteiger partial charge in [0.1, 0.15) is 5.75 Å². The third kappa shape index (κ3) is 3.16. The van der Waals surface area contributed by atoms with Gasteiger partial charge in [-0.25, -0.2) is 0 Å². The number of amides is 1. The van der Waals surface area contributed by atoms with Crippen molar-refractivity contribution in [3.05, 3.63) is 44.6 Å². The number of benzene rings is 1. The fourth-order valence-electron chi connectivity index (χ4n) is 1.72. The van der Waals surface area contributed by atoms with Gasteiger partial charge in [-0.2, -0.15) is 0 Å². The summed E-state index contributed by atoms with van der Waals surface area (Å²) in [5.74, 6) is 0.626. The Morgan fingerprint density at radius 1 is 1.42 bits per heavy atom. The van der Waals surface area contributed by atoms with Gasteiger partial charge in [-0.15, -0.1) is 11.3 Å². The molecule has 2 rings (SSSR count). The van der Waals surface area contributed by atoms with Crippen LogP contribution in [0.1, 0.15) is 22.2 Å². The minimum atomic E-state index is -0.0826. The molecule has 1 aromatic heterocycles. The van der Waals surface area contributed by atoms with Crippen LogP contribution in [-0.2, 0) is 6.42 Å². The van der Waals surface area contributed by atoms with E-state index in [0.29, 0.717) is 11.4 Å². The molecule has 0 atom stereocenters. The van der Waals surface area contributed by atoms with Crippen molar-refractivity contribution in [1.82, 2.24) is 0 Å². The number of halogens is 1. The molecule has 19 heavy (non-hydrogen) atoms. The van der Waals surface area contributed by atoms with Gasteiger partial charge in [-0.3, -0.25) is 4.79 Å². The van der Waals surface area contributed by atoms with E-state index in [1.165, 1.54) is 11.3 Å². The molecule has 1 amide bonds. The first-order chi connectivity index (χ1) is 9.15. The molecule has 0 fully saturated rings. The van der Waals surface area contributed by atoms with E-state index in [-0.39, 0.29) is 5.91 Å². The summed E-state index contributed by atoms with van der Waals surface area (Å²) in [4.78, 5) is 13.0. The standard InChI is InChI=1S/C14H14BrNO2S/c1-3-9-6-7-19-13(9)14(17)16-12-8-10(18-2)4-5-11(12)15/h4-8H,3H2,1-2H3,(H,16,17). The molecule has 0 aliphatic carbocycles. The minimum absolute atomic E-state index is 0.0826. The Balaban J connectivity index is 2.24. The summed E-state index contributed by atoms with van der Waals surface area (Å²) in [6, 6.07) is 7.47. The van der Waals surface area contributed by atoms with Gasteiger partial charge in [-0.1, -0.05) is 6.92 Å². The number of aryl methyl sites for hydroxylation is 1. The molecule has 0 radical (unpaired) electrons. The van der Waals surface area contributed by atoms with E-state index in [9.17, 15) is 4.79 Å². The average Bonchev–Trinajstić information content (AvgIpc) is 2.89. The van der Waals surface area contributed by atoms with Crippen molar-refractivity contribution in [1.29, 1.82) is 0 Å². The number of carbonyl (C=O) groups excluding carboxylic acids is 1. The fourth-order valence-corrected chi connectivity index (χ4v) is 2.96. The number of ether oxygens (including phenoxy) is 1. The smallest absolute Gasteiger partial charge is 0.266 e. The second-order valence-corrected chi connectivity index (χ2v) is 5.70. The van der Waals surface area contributed by atoms with E-state index >= 15 is 0 Å². The third-order valence-corrected chi connectivity index (χ3v) is 4.40. The van der Waals surface area contributed by atoms with Gasteiger partial charge < -0.3 is 10.1 Å². The van der Waals surface area contributed by atoms with Crippen molar-refractivity contribution in [2.45, 2.75) is 13.3 Å². The lowest BCUT2D eigenvalue weighted by molar-refractivity contribution is 0.102. The van der Waals surface area contributed by atoms with Crippen LogP contribution < -0.4 is 10.1 Å². The first-order valence-corrected chi connectivity index (χ1v) is 7.54. The molecule has 3 nitrogen and oxygen atoms in total. The largest absolute Gasteiger partial charge is 0.497 e. The van der Waals surface area contributed by atoms with Crippen molar-refractivity contribution in [3.8, 4) is 5.75 Å². The van der Waals surface area contributed by atoms with E-state index in [1.807, 2.05) is 30.5 Å². The molecule has 100 valence electrons. The number of rotatable bonds is 4. The summed E-state index contributed by atoms with van der Waals surface area (Å²) in [6.45, 7) is 2.04. The highest BCUT2D eigenvalue weighted by molar-refractivity contribution is 9.10. The minimum Gasteiger partial charge on any atom is -0.497 e. The van der Waals surface area contributed by atoms with Gasteiger partial charge in [-0.05, 0) is 51.5 Å². The summed E-state index contributed by atoms with van der Waals surface area (Å²) < 4.78 is 5.99. The Labute approximate surface area is 124 Å².